The van der Waals surface area contributed by atoms with Crippen molar-refractivity contribution in [1.82, 2.24) is 15.8 Å². The Kier molecular flexibility index (Phi) is 7.60. The molecular formula is C26H35N3O5. The van der Waals surface area contributed by atoms with E-state index in [0.29, 0.717) is 37.0 Å². The van der Waals surface area contributed by atoms with Crippen molar-refractivity contribution in [3.05, 3.63) is 53.6 Å². The van der Waals surface area contributed by atoms with Crippen LogP contribution in [0.2, 0.25) is 0 Å². The number of nitrogens with zero attached hydrogens (tertiary/aromatic N) is 1. The lowest BCUT2D eigenvalue weighted by molar-refractivity contribution is -0.130. The van der Waals surface area contributed by atoms with E-state index in [-0.39, 0.29) is 36.3 Å². The highest BCUT2D eigenvalue weighted by atomic mass is 16.5. The van der Waals surface area contributed by atoms with E-state index in [1.54, 1.807) is 19.2 Å². The van der Waals surface area contributed by atoms with Crippen molar-refractivity contribution < 1.29 is 24.5 Å². The molecule has 2 aromatic carbocycles. The van der Waals surface area contributed by atoms with Gasteiger partial charge in [-0.3, -0.25) is 4.79 Å². The summed E-state index contributed by atoms with van der Waals surface area (Å²) in [7, 11) is 1.62. The van der Waals surface area contributed by atoms with E-state index in [9.17, 15) is 15.0 Å². The number of aliphatic hydroxyl groups excluding tert-OH is 1. The quantitative estimate of drug-likeness (QED) is 0.424. The highest BCUT2D eigenvalue weighted by Crippen LogP contribution is 2.49. The van der Waals surface area contributed by atoms with Gasteiger partial charge in [0.15, 0.2) is 11.5 Å². The summed E-state index contributed by atoms with van der Waals surface area (Å²) in [6.07, 6.45) is 1.43. The lowest BCUT2D eigenvalue weighted by atomic mass is 9.83. The monoisotopic (exact) mass is 469 g/mol. The van der Waals surface area contributed by atoms with Crippen molar-refractivity contribution in [2.45, 2.75) is 44.8 Å². The molecule has 2 fully saturated rings. The Balaban J connectivity index is 1.70. The Bertz CT molecular complexity index is 998. The minimum absolute atomic E-state index is 0.00631. The fourth-order valence-corrected chi connectivity index (χ4v) is 5.00. The van der Waals surface area contributed by atoms with Crippen LogP contribution < -0.4 is 20.3 Å². The molecular weight excluding hydrogens is 434 g/mol. The smallest absolute Gasteiger partial charge is 0.242 e. The van der Waals surface area contributed by atoms with Gasteiger partial charge in [0.1, 0.15) is 11.8 Å². The minimum Gasteiger partial charge on any atom is -0.508 e. The van der Waals surface area contributed by atoms with E-state index in [0.717, 1.165) is 17.5 Å². The molecule has 2 aliphatic heterocycles. The Hall–Kier alpha value is -2.81. The Morgan fingerprint density at radius 1 is 1.09 bits per heavy atom. The fraction of sp³-hybridized carbons (Fsp3) is 0.500. The molecule has 0 aliphatic carbocycles. The number of aliphatic hydroxyl groups is 1. The maximum Gasteiger partial charge on any atom is 0.242 e. The largest absolute Gasteiger partial charge is 0.508 e. The third kappa shape index (κ3) is 4.71. The van der Waals surface area contributed by atoms with Gasteiger partial charge in [0.2, 0.25) is 5.91 Å². The van der Waals surface area contributed by atoms with Crippen LogP contribution in [0.5, 0.6) is 17.2 Å². The van der Waals surface area contributed by atoms with Crippen molar-refractivity contribution >= 4 is 5.91 Å². The van der Waals surface area contributed by atoms with Gasteiger partial charge in [-0.15, -0.1) is 0 Å². The molecule has 0 spiro atoms. The number of hydrogen-bond donors (Lipinski definition) is 4. The molecule has 184 valence electrons. The molecule has 4 atom stereocenters. The number of ether oxygens (including phenoxy) is 2. The highest BCUT2D eigenvalue weighted by molar-refractivity contribution is 5.86. The summed E-state index contributed by atoms with van der Waals surface area (Å²) in [4.78, 5) is 15.2. The number of rotatable bonds is 10. The van der Waals surface area contributed by atoms with Gasteiger partial charge in [-0.2, -0.15) is 0 Å². The molecule has 4 rings (SSSR count). The molecule has 4 unspecified atom stereocenters. The number of fused-ring (bicyclic) bond motifs is 1. The summed E-state index contributed by atoms with van der Waals surface area (Å²) < 4.78 is 11.6. The molecule has 2 aliphatic rings. The second-order valence-electron chi connectivity index (χ2n) is 9.38. The maximum atomic E-state index is 13.4. The first-order valence-electron chi connectivity index (χ1n) is 12.0. The number of carbonyl (C=O) groups excluding carboxylic acids is 1. The predicted octanol–water partition coefficient (Wildman–Crippen LogP) is 2.93. The second kappa shape index (κ2) is 10.6. The van der Waals surface area contributed by atoms with E-state index in [1.165, 1.54) is 0 Å². The molecule has 4 N–H and O–H groups in total. The first-order chi connectivity index (χ1) is 16.5. The van der Waals surface area contributed by atoms with Crippen LogP contribution in [-0.4, -0.2) is 53.9 Å². The third-order valence-electron chi connectivity index (χ3n) is 6.72. The average molecular weight is 470 g/mol. The molecule has 1 amide bonds. The molecule has 2 saturated heterocycles. The van der Waals surface area contributed by atoms with E-state index in [4.69, 9.17) is 9.47 Å². The minimum atomic E-state index is -0.443. The van der Waals surface area contributed by atoms with Gasteiger partial charge in [0.25, 0.3) is 0 Å². The molecule has 8 nitrogen and oxygen atoms in total. The first kappa shape index (κ1) is 24.3. The van der Waals surface area contributed by atoms with Gasteiger partial charge < -0.3 is 24.6 Å². The van der Waals surface area contributed by atoms with Crippen molar-refractivity contribution in [1.29, 1.82) is 0 Å². The molecule has 2 aromatic rings. The summed E-state index contributed by atoms with van der Waals surface area (Å²) in [5.74, 6) is 1.84. The molecule has 0 aromatic heterocycles. The third-order valence-corrected chi connectivity index (χ3v) is 6.72. The Morgan fingerprint density at radius 3 is 2.56 bits per heavy atom. The summed E-state index contributed by atoms with van der Waals surface area (Å²) in [6, 6.07) is 12.0. The zero-order valence-corrected chi connectivity index (χ0v) is 20.0. The van der Waals surface area contributed by atoms with E-state index in [1.807, 2.05) is 35.2 Å². The van der Waals surface area contributed by atoms with Crippen molar-refractivity contribution in [2.24, 2.45) is 11.8 Å². The van der Waals surface area contributed by atoms with Crippen LogP contribution in [0, 0.1) is 11.8 Å². The van der Waals surface area contributed by atoms with Gasteiger partial charge >= 0.3 is 0 Å². The summed E-state index contributed by atoms with van der Waals surface area (Å²) in [5.41, 5.74) is 8.07. The van der Waals surface area contributed by atoms with Crippen LogP contribution in [0.3, 0.4) is 0 Å². The molecule has 8 heteroatoms. The van der Waals surface area contributed by atoms with Gasteiger partial charge in [0, 0.05) is 24.6 Å². The van der Waals surface area contributed by atoms with Gasteiger partial charge in [-0.1, -0.05) is 38.1 Å². The molecule has 0 bridgehead atoms. The molecule has 0 radical (unpaired) electrons. The van der Waals surface area contributed by atoms with Crippen LogP contribution in [0.15, 0.2) is 42.5 Å². The number of methoxy groups -OCH3 is 1. The van der Waals surface area contributed by atoms with Crippen LogP contribution in [0.4, 0.5) is 0 Å². The number of nitrogens with one attached hydrogen (secondary N) is 2. The van der Waals surface area contributed by atoms with Crippen LogP contribution in [0.1, 0.15) is 49.9 Å². The molecule has 34 heavy (non-hydrogen) atoms. The van der Waals surface area contributed by atoms with Gasteiger partial charge in [-0.05, 0) is 42.5 Å². The second-order valence-corrected chi connectivity index (χ2v) is 9.38. The first-order valence-corrected chi connectivity index (χ1v) is 12.0. The lowest BCUT2D eigenvalue weighted by Gasteiger charge is -2.31. The van der Waals surface area contributed by atoms with Crippen molar-refractivity contribution in [3.63, 3.8) is 0 Å². The highest BCUT2D eigenvalue weighted by Gasteiger charge is 2.55. The summed E-state index contributed by atoms with van der Waals surface area (Å²) >= 11 is 0. The van der Waals surface area contributed by atoms with Crippen LogP contribution in [-0.2, 0) is 4.79 Å². The summed E-state index contributed by atoms with van der Waals surface area (Å²) in [5, 5.41) is 20.0. The zero-order chi connectivity index (χ0) is 24.2. The van der Waals surface area contributed by atoms with E-state index < -0.39 is 6.04 Å². The number of para-hydroxylation sites is 1. The fourth-order valence-electron chi connectivity index (χ4n) is 5.00. The van der Waals surface area contributed by atoms with Crippen LogP contribution in [0.25, 0.3) is 0 Å². The number of phenolic OH excluding ortho intramolecular Hbond substituents is 1. The lowest BCUT2D eigenvalue weighted by Crippen LogP contribution is -2.41. The Labute approximate surface area is 200 Å². The Morgan fingerprint density at radius 2 is 1.85 bits per heavy atom. The zero-order valence-electron chi connectivity index (χ0n) is 20.0. The number of phenols is 1. The van der Waals surface area contributed by atoms with Crippen molar-refractivity contribution in [2.75, 3.05) is 26.9 Å². The van der Waals surface area contributed by atoms with Gasteiger partial charge in [0.05, 0.1) is 25.8 Å². The topological polar surface area (TPSA) is 103 Å². The predicted molar refractivity (Wildman–Crippen MR) is 128 cm³/mol. The number of hydrogen-bond acceptors (Lipinski definition) is 7. The summed E-state index contributed by atoms with van der Waals surface area (Å²) in [6.45, 7) is 5.36. The number of benzene rings is 2. The molecule has 0 saturated carbocycles. The number of likely N-dealkylation sites (tertiary alicyclic amines) is 1. The standard InChI is InChI=1S/C26H35N3O5/c1-16(2)11-14-34-20-10-9-17(15-21(20)33-3)25-22-23(18-7-4-5-8-19(18)31)27-28-24(22)26(32)29(25)12-6-13-30/h4-5,7-10,15-16,22-25,27-28,30-31H,6,11-14H2,1-3H3. The number of aromatic hydroxyl groups is 1. The number of amides is 1. The van der Waals surface area contributed by atoms with E-state index in [2.05, 4.69) is 24.7 Å². The number of carbonyl (C=O) groups is 1. The SMILES string of the molecule is COc1cc(C2C3C(NNC3c3ccccc3O)C(=O)N2CCCO)ccc1OCCC(C)C. The van der Waals surface area contributed by atoms with Gasteiger partial charge in [-0.25, -0.2) is 10.9 Å². The maximum absolute atomic E-state index is 13.4. The average Bonchev–Trinajstić information content (AvgIpc) is 3.37. The number of hydrazine groups is 1. The molecule has 2 heterocycles. The normalized spacial score (nSPS) is 24.0. The van der Waals surface area contributed by atoms with E-state index >= 15 is 0 Å². The van der Waals surface area contributed by atoms with Crippen LogP contribution >= 0.6 is 0 Å². The van der Waals surface area contributed by atoms with Crippen molar-refractivity contribution in [3.8, 4) is 17.2 Å².